The summed E-state index contributed by atoms with van der Waals surface area (Å²) in [6.45, 7) is 2.32. The zero-order chi connectivity index (χ0) is 13.9. The first kappa shape index (κ1) is 14.9. The molecule has 4 rings (SSSR count). The van der Waals surface area contributed by atoms with E-state index in [2.05, 4.69) is 13.0 Å². The van der Waals surface area contributed by atoms with Gasteiger partial charge in [-0.1, -0.05) is 20.4 Å². The van der Waals surface area contributed by atoms with Crippen LogP contribution in [-0.4, -0.2) is 16.3 Å². The summed E-state index contributed by atoms with van der Waals surface area (Å²) < 4.78 is 0. The SMILES string of the molecule is C.C[C@]12CCC3c4ccc(O)cc4CCC3C1CC[C@@H]2O. The molecule has 3 aliphatic carbocycles. The maximum atomic E-state index is 10.4. The number of phenols is 1. The zero-order valence-corrected chi connectivity index (χ0v) is 12.2. The molecule has 0 aliphatic heterocycles. The minimum Gasteiger partial charge on any atom is -0.508 e. The summed E-state index contributed by atoms with van der Waals surface area (Å²) >= 11 is 0. The fourth-order valence-corrected chi connectivity index (χ4v) is 5.54. The van der Waals surface area contributed by atoms with Crippen molar-refractivity contribution in [2.24, 2.45) is 17.3 Å². The second-order valence-electron chi connectivity index (χ2n) is 7.44. The van der Waals surface area contributed by atoms with E-state index < -0.39 is 0 Å². The molecule has 1 aromatic rings. The average molecular weight is 288 g/mol. The molecule has 1 aromatic carbocycles. The summed E-state index contributed by atoms with van der Waals surface area (Å²) in [6, 6.07) is 5.96. The van der Waals surface area contributed by atoms with Crippen LogP contribution < -0.4 is 0 Å². The molecule has 0 spiro atoms. The molecule has 0 heterocycles. The molecule has 0 amide bonds. The number of phenolic OH excluding ortho intramolecular Hbond substituents is 1. The van der Waals surface area contributed by atoms with E-state index in [1.807, 2.05) is 12.1 Å². The van der Waals surface area contributed by atoms with E-state index >= 15 is 0 Å². The summed E-state index contributed by atoms with van der Waals surface area (Å²) in [6.07, 6.45) is 6.78. The van der Waals surface area contributed by atoms with E-state index in [4.69, 9.17) is 0 Å². The molecule has 2 saturated carbocycles. The Morgan fingerprint density at radius 1 is 1.14 bits per heavy atom. The van der Waals surface area contributed by atoms with Gasteiger partial charge < -0.3 is 10.2 Å². The highest BCUT2D eigenvalue weighted by Gasteiger charge is 2.54. The Kier molecular flexibility index (Phi) is 3.56. The molecule has 2 fully saturated rings. The number of hydrogen-bond donors (Lipinski definition) is 2. The number of rotatable bonds is 0. The number of aliphatic hydroxyl groups excluding tert-OH is 1. The first-order valence-electron chi connectivity index (χ1n) is 8.09. The van der Waals surface area contributed by atoms with Gasteiger partial charge in [-0.25, -0.2) is 0 Å². The van der Waals surface area contributed by atoms with Crippen molar-refractivity contribution >= 4 is 0 Å². The molecule has 116 valence electrons. The Balaban J connectivity index is 0.00000132. The lowest BCUT2D eigenvalue weighted by Gasteiger charge is -2.50. The molecular weight excluding hydrogens is 260 g/mol. The monoisotopic (exact) mass is 288 g/mol. The largest absolute Gasteiger partial charge is 0.508 e. The van der Waals surface area contributed by atoms with Crippen LogP contribution in [-0.2, 0) is 6.42 Å². The van der Waals surface area contributed by atoms with Crippen molar-refractivity contribution in [3.8, 4) is 5.75 Å². The number of benzene rings is 1. The first-order chi connectivity index (χ1) is 9.59. The van der Waals surface area contributed by atoms with Crippen molar-refractivity contribution in [2.75, 3.05) is 0 Å². The fourth-order valence-electron chi connectivity index (χ4n) is 5.54. The molecule has 3 aliphatic rings. The lowest BCUT2D eigenvalue weighted by molar-refractivity contribution is -0.0226. The maximum Gasteiger partial charge on any atom is 0.115 e. The van der Waals surface area contributed by atoms with E-state index in [0.29, 0.717) is 17.6 Å². The second-order valence-corrected chi connectivity index (χ2v) is 7.44. The van der Waals surface area contributed by atoms with Gasteiger partial charge >= 0.3 is 0 Å². The van der Waals surface area contributed by atoms with Gasteiger partial charge in [-0.15, -0.1) is 0 Å². The Labute approximate surface area is 128 Å². The number of aryl methyl sites for hydroxylation is 1. The Morgan fingerprint density at radius 2 is 1.95 bits per heavy atom. The molecule has 0 bridgehead atoms. The molecular formula is C19H28O2. The first-order valence-corrected chi connectivity index (χ1v) is 8.09. The lowest BCUT2D eigenvalue weighted by atomic mass is 9.55. The van der Waals surface area contributed by atoms with Crippen LogP contribution in [0.15, 0.2) is 18.2 Å². The number of hydrogen-bond acceptors (Lipinski definition) is 2. The molecule has 3 unspecified atom stereocenters. The van der Waals surface area contributed by atoms with Gasteiger partial charge in [0.1, 0.15) is 5.75 Å². The van der Waals surface area contributed by atoms with Crippen LogP contribution >= 0.6 is 0 Å². The van der Waals surface area contributed by atoms with Crippen molar-refractivity contribution < 1.29 is 10.2 Å². The Morgan fingerprint density at radius 3 is 2.76 bits per heavy atom. The maximum absolute atomic E-state index is 10.4. The molecule has 0 radical (unpaired) electrons. The summed E-state index contributed by atoms with van der Waals surface area (Å²) in [5, 5.41) is 20.0. The van der Waals surface area contributed by atoms with Crippen LogP contribution in [0.5, 0.6) is 5.75 Å². The zero-order valence-electron chi connectivity index (χ0n) is 12.2. The molecule has 2 N–H and O–H groups in total. The smallest absolute Gasteiger partial charge is 0.115 e. The van der Waals surface area contributed by atoms with Crippen molar-refractivity contribution in [1.82, 2.24) is 0 Å². The third-order valence-electron chi connectivity index (χ3n) is 6.66. The van der Waals surface area contributed by atoms with Crippen LogP contribution in [0.1, 0.15) is 63.5 Å². The molecule has 5 atom stereocenters. The van der Waals surface area contributed by atoms with Crippen LogP contribution in [0, 0.1) is 17.3 Å². The molecule has 0 aromatic heterocycles. The quantitative estimate of drug-likeness (QED) is 0.749. The minimum absolute atomic E-state index is 0. The van der Waals surface area contributed by atoms with Crippen molar-refractivity contribution in [3.05, 3.63) is 29.3 Å². The van der Waals surface area contributed by atoms with Crippen LogP contribution in [0.2, 0.25) is 0 Å². The van der Waals surface area contributed by atoms with Gasteiger partial charge in [0, 0.05) is 0 Å². The third-order valence-corrected chi connectivity index (χ3v) is 6.66. The predicted molar refractivity (Wildman–Crippen MR) is 85.5 cm³/mol. The molecule has 21 heavy (non-hydrogen) atoms. The number of aliphatic hydroxyl groups is 1. The van der Waals surface area contributed by atoms with Gasteiger partial charge in [0.15, 0.2) is 0 Å². The Hall–Kier alpha value is -1.02. The van der Waals surface area contributed by atoms with Crippen molar-refractivity contribution in [1.29, 1.82) is 0 Å². The summed E-state index contributed by atoms with van der Waals surface area (Å²) in [7, 11) is 0. The van der Waals surface area contributed by atoms with Crippen molar-refractivity contribution in [2.45, 2.75) is 64.9 Å². The highest BCUT2D eigenvalue weighted by Crippen LogP contribution is 2.60. The predicted octanol–water partition coefficient (Wildman–Crippen LogP) is 4.25. The molecule has 2 nitrogen and oxygen atoms in total. The lowest BCUT2D eigenvalue weighted by Crippen LogP contribution is -2.43. The van der Waals surface area contributed by atoms with Crippen LogP contribution in [0.25, 0.3) is 0 Å². The topological polar surface area (TPSA) is 40.5 Å². The van der Waals surface area contributed by atoms with E-state index in [9.17, 15) is 10.2 Å². The van der Waals surface area contributed by atoms with Gasteiger partial charge in [0.05, 0.1) is 6.10 Å². The van der Waals surface area contributed by atoms with E-state index in [1.165, 1.54) is 30.4 Å². The average Bonchev–Trinajstić information content (AvgIpc) is 2.74. The van der Waals surface area contributed by atoms with Crippen LogP contribution in [0.4, 0.5) is 0 Å². The molecule has 0 saturated heterocycles. The summed E-state index contributed by atoms with van der Waals surface area (Å²) in [5.41, 5.74) is 2.99. The second kappa shape index (κ2) is 5.01. The van der Waals surface area contributed by atoms with Gasteiger partial charge in [0.25, 0.3) is 0 Å². The van der Waals surface area contributed by atoms with Crippen molar-refractivity contribution in [3.63, 3.8) is 0 Å². The van der Waals surface area contributed by atoms with Gasteiger partial charge in [0.2, 0.25) is 0 Å². The minimum atomic E-state index is -0.0883. The highest BCUT2D eigenvalue weighted by atomic mass is 16.3. The standard InChI is InChI=1S/C18H24O2.CH4/c1-18-9-8-14-13-5-3-12(19)10-11(13)2-4-15(14)16(18)6-7-17(18)20;/h3,5,10,14-17,19-20H,2,4,6-9H2,1H3;1H4/t14?,15?,16?,17-,18-;/m0./s1. The normalized spacial score (nSPS) is 40.7. The summed E-state index contributed by atoms with van der Waals surface area (Å²) in [4.78, 5) is 0. The van der Waals surface area contributed by atoms with E-state index in [1.54, 1.807) is 0 Å². The van der Waals surface area contributed by atoms with Gasteiger partial charge in [-0.2, -0.15) is 0 Å². The fraction of sp³-hybridized carbons (Fsp3) is 0.684. The van der Waals surface area contributed by atoms with Gasteiger partial charge in [-0.05, 0) is 85.0 Å². The molecule has 2 heteroatoms. The third kappa shape index (κ3) is 2.03. The van der Waals surface area contributed by atoms with E-state index in [-0.39, 0.29) is 18.9 Å². The number of fused-ring (bicyclic) bond motifs is 5. The highest BCUT2D eigenvalue weighted by molar-refractivity contribution is 5.40. The van der Waals surface area contributed by atoms with Crippen LogP contribution in [0.3, 0.4) is 0 Å². The van der Waals surface area contributed by atoms with Gasteiger partial charge in [-0.3, -0.25) is 0 Å². The Bertz CT molecular complexity index is 538. The number of aromatic hydroxyl groups is 1. The van der Waals surface area contributed by atoms with E-state index in [0.717, 1.165) is 25.2 Å². The summed E-state index contributed by atoms with van der Waals surface area (Å²) in [5.74, 6) is 2.49.